The molecule has 2 aliphatic rings. The Hall–Kier alpha value is -3.16. The lowest BCUT2D eigenvalue weighted by Gasteiger charge is -2.24. The Morgan fingerprint density at radius 3 is 2.93 bits per heavy atom. The smallest absolute Gasteiger partial charge is 0.228 e. The summed E-state index contributed by atoms with van der Waals surface area (Å²) in [5.41, 5.74) is 5.08. The molecule has 0 amide bonds. The molecular formula is C21H22FN7. The molecule has 7 nitrogen and oxygen atoms in total. The van der Waals surface area contributed by atoms with Crippen molar-refractivity contribution in [3.8, 4) is 11.4 Å². The molecule has 0 aromatic carbocycles. The normalized spacial score (nSPS) is 18.7. The van der Waals surface area contributed by atoms with E-state index in [1.54, 1.807) is 10.7 Å². The summed E-state index contributed by atoms with van der Waals surface area (Å²) in [6.45, 7) is 5.04. The largest absolute Gasteiger partial charge is 0.351 e. The molecule has 29 heavy (non-hydrogen) atoms. The van der Waals surface area contributed by atoms with E-state index in [-0.39, 0.29) is 12.0 Å². The van der Waals surface area contributed by atoms with Gasteiger partial charge >= 0.3 is 0 Å². The van der Waals surface area contributed by atoms with Crippen LogP contribution in [0.4, 0.5) is 10.3 Å². The van der Waals surface area contributed by atoms with Crippen molar-refractivity contribution in [2.24, 2.45) is 4.99 Å². The maximum absolute atomic E-state index is 13.7. The minimum atomic E-state index is -0.412. The number of hydrogen-bond acceptors (Lipinski definition) is 6. The van der Waals surface area contributed by atoms with Gasteiger partial charge in [0.2, 0.25) is 5.95 Å². The Bertz CT molecular complexity index is 1150. The molecule has 4 heterocycles. The zero-order chi connectivity index (χ0) is 20.0. The van der Waals surface area contributed by atoms with Gasteiger partial charge in [-0.1, -0.05) is 13.8 Å². The molecule has 148 valence electrons. The maximum atomic E-state index is 13.7. The Balaban J connectivity index is 1.57. The summed E-state index contributed by atoms with van der Waals surface area (Å²) in [4.78, 5) is 17.7. The fourth-order valence-corrected chi connectivity index (χ4v) is 3.98. The highest BCUT2D eigenvalue weighted by molar-refractivity contribution is 5.83. The minimum Gasteiger partial charge on any atom is -0.351 e. The van der Waals surface area contributed by atoms with E-state index < -0.39 is 5.82 Å². The quantitative estimate of drug-likeness (QED) is 0.732. The summed E-state index contributed by atoms with van der Waals surface area (Å²) in [6, 6.07) is 1.64. The third kappa shape index (κ3) is 3.28. The third-order valence-corrected chi connectivity index (χ3v) is 5.56. The first kappa shape index (κ1) is 17.9. The number of hydrogen-bond donors (Lipinski definition) is 1. The van der Waals surface area contributed by atoms with Crippen molar-refractivity contribution in [3.63, 3.8) is 0 Å². The summed E-state index contributed by atoms with van der Waals surface area (Å²) in [6.07, 6.45) is 9.55. The fourth-order valence-electron chi connectivity index (χ4n) is 3.98. The Kier molecular flexibility index (Phi) is 4.34. The second kappa shape index (κ2) is 7.02. The van der Waals surface area contributed by atoms with Crippen LogP contribution in [0.3, 0.4) is 0 Å². The van der Waals surface area contributed by atoms with Crippen molar-refractivity contribution in [1.29, 1.82) is 0 Å². The van der Waals surface area contributed by atoms with Gasteiger partial charge in [-0.05, 0) is 42.4 Å². The van der Waals surface area contributed by atoms with Crippen LogP contribution in [0.5, 0.6) is 0 Å². The highest BCUT2D eigenvalue weighted by atomic mass is 19.1. The molecule has 0 bridgehead atoms. The Morgan fingerprint density at radius 1 is 1.21 bits per heavy atom. The molecule has 1 aliphatic heterocycles. The number of fused-ring (bicyclic) bond motifs is 1. The van der Waals surface area contributed by atoms with Crippen LogP contribution in [0.1, 0.15) is 44.6 Å². The van der Waals surface area contributed by atoms with Gasteiger partial charge in [0.05, 0.1) is 18.9 Å². The van der Waals surface area contributed by atoms with Gasteiger partial charge in [-0.2, -0.15) is 14.6 Å². The predicted octanol–water partition coefficient (Wildman–Crippen LogP) is 3.79. The molecule has 1 unspecified atom stereocenters. The van der Waals surface area contributed by atoms with Gasteiger partial charge in [-0.3, -0.25) is 9.98 Å². The number of pyridine rings is 1. The van der Waals surface area contributed by atoms with Crippen molar-refractivity contribution in [3.05, 3.63) is 47.2 Å². The highest BCUT2D eigenvalue weighted by Crippen LogP contribution is 2.30. The van der Waals surface area contributed by atoms with Crippen LogP contribution in [0, 0.1) is 5.82 Å². The van der Waals surface area contributed by atoms with E-state index in [0.29, 0.717) is 17.3 Å². The zero-order valence-electron chi connectivity index (χ0n) is 16.4. The van der Waals surface area contributed by atoms with Gasteiger partial charge in [0.1, 0.15) is 5.82 Å². The first-order valence-corrected chi connectivity index (χ1v) is 9.92. The molecule has 0 saturated heterocycles. The topological polar surface area (TPSA) is 80.4 Å². The lowest BCUT2D eigenvalue weighted by atomic mass is 9.90. The van der Waals surface area contributed by atoms with E-state index in [2.05, 4.69) is 44.2 Å². The van der Waals surface area contributed by atoms with Gasteiger partial charge in [-0.25, -0.2) is 9.37 Å². The molecule has 0 fully saturated rings. The first-order valence-electron chi connectivity index (χ1n) is 9.92. The molecule has 0 radical (unpaired) electrons. The molecule has 0 spiro atoms. The van der Waals surface area contributed by atoms with Crippen molar-refractivity contribution in [1.82, 2.24) is 24.6 Å². The molecule has 0 saturated carbocycles. The fraction of sp³-hybridized carbons (Fsp3) is 0.381. The second-order valence-corrected chi connectivity index (χ2v) is 7.94. The number of rotatable bonds is 4. The number of nitrogens with one attached hydrogen (secondary N) is 1. The number of halogens is 1. The van der Waals surface area contributed by atoms with E-state index in [0.717, 1.165) is 37.0 Å². The molecule has 1 atom stereocenters. The highest BCUT2D eigenvalue weighted by Gasteiger charge is 2.24. The van der Waals surface area contributed by atoms with Crippen LogP contribution in [0.2, 0.25) is 0 Å². The minimum absolute atomic E-state index is 0.238. The summed E-state index contributed by atoms with van der Waals surface area (Å²) < 4.78 is 15.5. The van der Waals surface area contributed by atoms with Crippen molar-refractivity contribution >= 4 is 17.8 Å². The number of anilines is 1. The molecular weight excluding hydrogens is 369 g/mol. The van der Waals surface area contributed by atoms with Crippen LogP contribution in [-0.4, -0.2) is 43.4 Å². The standard InChI is InChI=1S/C21H22FN7/c1-12(2)18-11-25-29-20(18)27-19(15-5-16(22)10-24-9-15)28-21(29)26-17-4-3-13-7-23-8-14(13)6-17/h5,8-12,17H,3-4,6-7H2,1-2H3,(H,26,27,28). The monoisotopic (exact) mass is 391 g/mol. The van der Waals surface area contributed by atoms with E-state index >= 15 is 0 Å². The average Bonchev–Trinajstić information content (AvgIpc) is 3.34. The number of aromatic nitrogens is 5. The summed E-state index contributed by atoms with van der Waals surface area (Å²) in [7, 11) is 0. The molecule has 3 aromatic rings. The summed E-state index contributed by atoms with van der Waals surface area (Å²) in [5, 5.41) is 8.08. The van der Waals surface area contributed by atoms with Crippen LogP contribution in [-0.2, 0) is 0 Å². The van der Waals surface area contributed by atoms with E-state index in [4.69, 9.17) is 0 Å². The molecule has 8 heteroatoms. The number of nitrogens with zero attached hydrogens (tertiary/aromatic N) is 6. The van der Waals surface area contributed by atoms with E-state index in [9.17, 15) is 4.39 Å². The molecule has 1 aliphatic carbocycles. The summed E-state index contributed by atoms with van der Waals surface area (Å²) >= 11 is 0. The maximum Gasteiger partial charge on any atom is 0.228 e. The van der Waals surface area contributed by atoms with Gasteiger partial charge in [-0.15, -0.1) is 0 Å². The Labute approximate surface area is 167 Å². The van der Waals surface area contributed by atoms with Gasteiger partial charge < -0.3 is 5.32 Å². The van der Waals surface area contributed by atoms with Crippen LogP contribution in [0.25, 0.3) is 17.0 Å². The van der Waals surface area contributed by atoms with Crippen LogP contribution < -0.4 is 5.32 Å². The first-order chi connectivity index (χ1) is 14.1. The lowest BCUT2D eigenvalue weighted by molar-refractivity contribution is 0.607. The predicted molar refractivity (Wildman–Crippen MR) is 110 cm³/mol. The lowest BCUT2D eigenvalue weighted by Crippen LogP contribution is -2.26. The van der Waals surface area contributed by atoms with Crippen LogP contribution >= 0.6 is 0 Å². The van der Waals surface area contributed by atoms with E-state index in [1.807, 2.05) is 12.4 Å². The van der Waals surface area contributed by atoms with Gasteiger partial charge in [0.15, 0.2) is 11.5 Å². The zero-order valence-corrected chi connectivity index (χ0v) is 16.4. The molecule has 3 aromatic heterocycles. The second-order valence-electron chi connectivity index (χ2n) is 7.94. The molecule has 1 N–H and O–H groups in total. The average molecular weight is 391 g/mol. The molecule has 5 rings (SSSR count). The Morgan fingerprint density at radius 2 is 2.10 bits per heavy atom. The SMILES string of the molecule is CC(C)c1cnn2c(NC3CCC4=C(C=NC4)C3)nc(-c3cncc(F)c3)nc12. The summed E-state index contributed by atoms with van der Waals surface area (Å²) in [5.74, 6) is 0.897. The van der Waals surface area contributed by atoms with E-state index in [1.165, 1.54) is 23.4 Å². The number of aliphatic imine (C=N–C) groups is 1. The van der Waals surface area contributed by atoms with Gasteiger partial charge in [0.25, 0.3) is 0 Å². The van der Waals surface area contributed by atoms with Crippen molar-refractivity contribution in [2.75, 3.05) is 11.9 Å². The van der Waals surface area contributed by atoms with Gasteiger partial charge in [0, 0.05) is 29.6 Å². The third-order valence-electron chi connectivity index (χ3n) is 5.56. The van der Waals surface area contributed by atoms with Crippen molar-refractivity contribution in [2.45, 2.75) is 45.1 Å². The van der Waals surface area contributed by atoms with Crippen molar-refractivity contribution < 1.29 is 4.39 Å². The van der Waals surface area contributed by atoms with Crippen LogP contribution in [0.15, 0.2) is 40.8 Å².